The van der Waals surface area contributed by atoms with Crippen LogP contribution in [0.2, 0.25) is 0 Å². The molecule has 0 fully saturated rings. The maximum Gasteiger partial charge on any atom is 0.0369 e. The van der Waals surface area contributed by atoms with Gasteiger partial charge in [0.25, 0.3) is 0 Å². The first-order valence-electron chi connectivity index (χ1n) is 13.4. The van der Waals surface area contributed by atoms with Gasteiger partial charge in [-0.2, -0.15) is 0 Å². The highest BCUT2D eigenvalue weighted by molar-refractivity contribution is 5.93. The maximum atomic E-state index is 3.51. The highest BCUT2D eigenvalue weighted by Gasteiger charge is 2.20. The highest BCUT2D eigenvalue weighted by atomic mass is 14.2. The molecule has 0 aliphatic heterocycles. The Kier molecular flexibility index (Phi) is 6.01. The Morgan fingerprint density at radius 3 is 2.00 bits per heavy atom. The summed E-state index contributed by atoms with van der Waals surface area (Å²) in [4.78, 5) is 0. The monoisotopic (exact) mass is 488 g/mol. The van der Waals surface area contributed by atoms with Crippen molar-refractivity contribution in [2.45, 2.75) is 34.1 Å². The molecule has 0 aromatic heterocycles. The van der Waals surface area contributed by atoms with Crippen LogP contribution in [0.3, 0.4) is 0 Å². The third-order valence-electron chi connectivity index (χ3n) is 7.91. The molecule has 184 valence electrons. The second kappa shape index (κ2) is 9.51. The van der Waals surface area contributed by atoms with E-state index >= 15 is 0 Å². The van der Waals surface area contributed by atoms with E-state index in [1.54, 1.807) is 0 Å². The summed E-state index contributed by atoms with van der Waals surface area (Å²) in [7, 11) is 0. The van der Waals surface area contributed by atoms with Gasteiger partial charge in [-0.05, 0) is 97.6 Å². The molecule has 0 amide bonds. The zero-order valence-electron chi connectivity index (χ0n) is 22.6. The van der Waals surface area contributed by atoms with Gasteiger partial charge in [-0.1, -0.05) is 123 Å². The van der Waals surface area contributed by atoms with Crippen molar-refractivity contribution in [2.24, 2.45) is 5.41 Å². The standard InChI is InChI=1S/C38H32/c1-26(38(2,3)4)17-18-33-25-36(31-21-19-27-11-5-7-13-29(27)23-31)34-15-9-10-16-35(34)37(33)32-22-20-28-12-6-8-14-30(28)24-32/h5-8,10-14,16-24H,25H2,1-4H3. The van der Waals surface area contributed by atoms with Crippen molar-refractivity contribution < 1.29 is 0 Å². The Morgan fingerprint density at radius 1 is 0.737 bits per heavy atom. The maximum absolute atomic E-state index is 3.51. The van der Waals surface area contributed by atoms with Crippen LogP contribution in [-0.4, -0.2) is 0 Å². The number of benzene rings is 4. The van der Waals surface area contributed by atoms with Gasteiger partial charge >= 0.3 is 0 Å². The zero-order chi connectivity index (χ0) is 26.3. The molecule has 5 aromatic rings. The summed E-state index contributed by atoms with van der Waals surface area (Å²) >= 11 is 0. The number of hydrogen-bond donors (Lipinski definition) is 0. The van der Waals surface area contributed by atoms with E-state index in [2.05, 4.69) is 143 Å². The van der Waals surface area contributed by atoms with Crippen molar-refractivity contribution in [3.8, 4) is 0 Å². The largest absolute Gasteiger partial charge is 0.0696 e. The number of fused-ring (bicyclic) bond motifs is 3. The van der Waals surface area contributed by atoms with E-state index in [-0.39, 0.29) is 5.41 Å². The van der Waals surface area contributed by atoms with Crippen LogP contribution in [0.1, 0.15) is 45.2 Å². The predicted molar refractivity (Wildman–Crippen MR) is 162 cm³/mol. The minimum absolute atomic E-state index is 0.125. The van der Waals surface area contributed by atoms with Crippen LogP contribution in [0.25, 0.3) is 32.7 Å². The summed E-state index contributed by atoms with van der Waals surface area (Å²) in [5, 5.41) is 7.42. The molecule has 0 atom stereocenters. The summed E-state index contributed by atoms with van der Waals surface area (Å²) in [6, 6.07) is 41.8. The van der Waals surface area contributed by atoms with E-state index < -0.39 is 0 Å². The lowest BCUT2D eigenvalue weighted by molar-refractivity contribution is 0.504. The summed E-state index contributed by atoms with van der Waals surface area (Å²) in [6.07, 6.45) is 5.51. The van der Waals surface area contributed by atoms with E-state index in [0.717, 1.165) is 11.6 Å². The molecular weight excluding hydrogens is 456 g/mol. The molecule has 0 unspecified atom stereocenters. The molecule has 6 rings (SSSR count). The molecule has 0 saturated heterocycles. The average Bonchev–Trinajstić information content (AvgIpc) is 2.94. The lowest BCUT2D eigenvalue weighted by atomic mass is 9.81. The van der Waals surface area contributed by atoms with Crippen LogP contribution < -0.4 is 10.4 Å². The molecule has 5 aromatic carbocycles. The molecule has 0 nitrogen and oxygen atoms in total. The van der Waals surface area contributed by atoms with Gasteiger partial charge in [0.15, 0.2) is 0 Å². The van der Waals surface area contributed by atoms with E-state index in [1.807, 2.05) is 6.07 Å². The van der Waals surface area contributed by atoms with E-state index in [1.165, 1.54) is 60.2 Å². The SMILES string of the molecule is CC(=CC=C1CC(c2ccc3ccccc3c2)=c2c#cccc2=C1c1ccc2ccccc2c1)C(C)(C)C. The normalized spacial score (nSPS) is 15.2. The first kappa shape index (κ1) is 24.0. The van der Waals surface area contributed by atoms with Crippen LogP contribution in [0.4, 0.5) is 0 Å². The lowest BCUT2D eigenvalue weighted by Crippen LogP contribution is -2.33. The van der Waals surface area contributed by atoms with Crippen LogP contribution in [-0.2, 0) is 0 Å². The number of allylic oxidation sites excluding steroid dienone is 4. The third-order valence-corrected chi connectivity index (χ3v) is 7.91. The van der Waals surface area contributed by atoms with Crippen molar-refractivity contribution in [1.82, 2.24) is 0 Å². The van der Waals surface area contributed by atoms with Gasteiger partial charge in [-0.3, -0.25) is 0 Å². The summed E-state index contributed by atoms with van der Waals surface area (Å²) in [6.45, 7) is 9.07. The molecule has 38 heavy (non-hydrogen) atoms. The summed E-state index contributed by atoms with van der Waals surface area (Å²) < 4.78 is 0. The summed E-state index contributed by atoms with van der Waals surface area (Å²) in [5.41, 5.74) is 7.92. The summed E-state index contributed by atoms with van der Waals surface area (Å²) in [5.74, 6) is 0. The fraction of sp³-hybridized carbons (Fsp3) is 0.158. The first-order chi connectivity index (χ1) is 18.4. The Labute approximate surface area is 226 Å². The van der Waals surface area contributed by atoms with Crippen molar-refractivity contribution in [3.63, 3.8) is 0 Å². The minimum atomic E-state index is 0.125. The van der Waals surface area contributed by atoms with Gasteiger partial charge in [0.2, 0.25) is 0 Å². The van der Waals surface area contributed by atoms with Crippen molar-refractivity contribution >= 4 is 32.7 Å². The van der Waals surface area contributed by atoms with Gasteiger partial charge in [0.1, 0.15) is 0 Å². The van der Waals surface area contributed by atoms with Crippen molar-refractivity contribution in [2.75, 3.05) is 0 Å². The molecular formula is C38H32. The Bertz CT molecular complexity index is 1870. The fourth-order valence-electron chi connectivity index (χ4n) is 5.30. The van der Waals surface area contributed by atoms with Gasteiger partial charge in [-0.25, -0.2) is 0 Å². The second-order valence-electron chi connectivity index (χ2n) is 11.3. The van der Waals surface area contributed by atoms with Crippen LogP contribution in [0.15, 0.2) is 120 Å². The lowest BCUT2D eigenvalue weighted by Gasteiger charge is -2.22. The number of rotatable bonds is 3. The molecule has 0 radical (unpaired) electrons. The molecule has 0 bridgehead atoms. The van der Waals surface area contributed by atoms with E-state index in [9.17, 15) is 0 Å². The third kappa shape index (κ3) is 4.46. The van der Waals surface area contributed by atoms with Crippen LogP contribution in [0.5, 0.6) is 0 Å². The predicted octanol–water partition coefficient (Wildman–Crippen LogP) is 8.31. The zero-order valence-corrected chi connectivity index (χ0v) is 22.6. The smallest absolute Gasteiger partial charge is 0.0369 e. The Balaban J connectivity index is 1.66. The molecule has 1 aliphatic rings. The van der Waals surface area contributed by atoms with Crippen molar-refractivity contribution in [3.05, 3.63) is 154 Å². The Hall–Kier alpha value is -4.34. The number of hydrogen-bond acceptors (Lipinski definition) is 0. The fourth-order valence-corrected chi connectivity index (χ4v) is 5.30. The molecule has 0 heteroatoms. The molecule has 0 N–H and O–H groups in total. The van der Waals surface area contributed by atoms with Crippen LogP contribution in [0, 0.1) is 17.5 Å². The van der Waals surface area contributed by atoms with Crippen molar-refractivity contribution in [1.29, 1.82) is 0 Å². The quantitative estimate of drug-likeness (QED) is 0.239. The molecule has 0 spiro atoms. The molecule has 0 saturated carbocycles. The van der Waals surface area contributed by atoms with E-state index in [0.29, 0.717) is 0 Å². The van der Waals surface area contributed by atoms with Crippen LogP contribution >= 0.6 is 0 Å². The van der Waals surface area contributed by atoms with E-state index in [4.69, 9.17) is 0 Å². The average molecular weight is 489 g/mol. The van der Waals surface area contributed by atoms with Gasteiger partial charge in [-0.15, -0.1) is 0 Å². The Morgan fingerprint density at radius 2 is 1.34 bits per heavy atom. The first-order valence-corrected chi connectivity index (χ1v) is 13.4. The van der Waals surface area contributed by atoms with Gasteiger partial charge in [0.05, 0.1) is 0 Å². The molecule has 1 aliphatic carbocycles. The topological polar surface area (TPSA) is 0 Å². The minimum Gasteiger partial charge on any atom is -0.0696 e. The molecule has 0 heterocycles. The second-order valence-corrected chi connectivity index (χ2v) is 11.3. The highest BCUT2D eigenvalue weighted by Crippen LogP contribution is 2.34. The van der Waals surface area contributed by atoms with Gasteiger partial charge in [0, 0.05) is 5.22 Å². The van der Waals surface area contributed by atoms with Gasteiger partial charge < -0.3 is 0 Å².